The second kappa shape index (κ2) is 5.97. The molecular weight excluding hydrogens is 220 g/mol. The van der Waals surface area contributed by atoms with E-state index in [0.29, 0.717) is 6.42 Å². The lowest BCUT2D eigenvalue weighted by molar-refractivity contribution is -0.113. The summed E-state index contributed by atoms with van der Waals surface area (Å²) in [5, 5.41) is 0. The Labute approximate surface area is 108 Å². The summed E-state index contributed by atoms with van der Waals surface area (Å²) in [6.07, 6.45) is 3.98. The van der Waals surface area contributed by atoms with Gasteiger partial charge in [-0.05, 0) is 24.1 Å². The van der Waals surface area contributed by atoms with Gasteiger partial charge in [-0.15, -0.1) is 0 Å². The van der Waals surface area contributed by atoms with Crippen molar-refractivity contribution in [2.24, 2.45) is 0 Å². The standard InChI is InChI=1S/C17H16O/c1-14-7-9-15(10-8-14)11-12-17(18)13-16-5-3-2-4-6-16/h2-12H,13H2,1H3. The van der Waals surface area contributed by atoms with Crippen LogP contribution in [0.1, 0.15) is 16.7 Å². The van der Waals surface area contributed by atoms with Crippen LogP contribution in [0.5, 0.6) is 0 Å². The van der Waals surface area contributed by atoms with Crippen LogP contribution in [0.25, 0.3) is 6.08 Å². The molecule has 1 nitrogen and oxygen atoms in total. The number of benzene rings is 2. The quantitative estimate of drug-likeness (QED) is 0.737. The normalized spacial score (nSPS) is 10.7. The molecule has 0 saturated heterocycles. The smallest absolute Gasteiger partial charge is 0.160 e. The monoisotopic (exact) mass is 236 g/mol. The van der Waals surface area contributed by atoms with Crippen LogP contribution in [0.4, 0.5) is 0 Å². The molecule has 0 spiro atoms. The first kappa shape index (κ1) is 12.3. The molecule has 0 aromatic heterocycles. The van der Waals surface area contributed by atoms with Crippen molar-refractivity contribution in [1.82, 2.24) is 0 Å². The Balaban J connectivity index is 1.97. The summed E-state index contributed by atoms with van der Waals surface area (Å²) in [5.74, 6) is 0.127. The molecule has 0 N–H and O–H groups in total. The van der Waals surface area contributed by atoms with Gasteiger partial charge in [-0.1, -0.05) is 66.2 Å². The lowest BCUT2D eigenvalue weighted by atomic mass is 10.1. The Kier molecular flexibility index (Phi) is 4.08. The fraction of sp³-hybridized carbons (Fsp3) is 0.118. The SMILES string of the molecule is Cc1ccc(C=CC(=O)Cc2ccccc2)cc1. The molecule has 0 unspecified atom stereocenters. The molecule has 0 aliphatic carbocycles. The Morgan fingerprint density at radius 2 is 1.67 bits per heavy atom. The van der Waals surface area contributed by atoms with E-state index in [1.807, 2.05) is 67.6 Å². The van der Waals surface area contributed by atoms with Gasteiger partial charge in [0.05, 0.1) is 0 Å². The van der Waals surface area contributed by atoms with Crippen LogP contribution in [-0.4, -0.2) is 5.78 Å². The van der Waals surface area contributed by atoms with Crippen LogP contribution in [0.15, 0.2) is 60.7 Å². The minimum absolute atomic E-state index is 0.127. The van der Waals surface area contributed by atoms with E-state index in [2.05, 4.69) is 0 Å². The van der Waals surface area contributed by atoms with Crippen LogP contribution in [0.2, 0.25) is 0 Å². The third kappa shape index (κ3) is 3.70. The van der Waals surface area contributed by atoms with E-state index in [4.69, 9.17) is 0 Å². The Morgan fingerprint density at radius 1 is 1.00 bits per heavy atom. The fourth-order valence-electron chi connectivity index (χ4n) is 1.72. The Bertz CT molecular complexity index is 536. The van der Waals surface area contributed by atoms with E-state index in [1.165, 1.54) is 5.56 Å². The predicted molar refractivity (Wildman–Crippen MR) is 75.4 cm³/mol. The molecule has 0 fully saturated rings. The van der Waals surface area contributed by atoms with E-state index in [9.17, 15) is 4.79 Å². The van der Waals surface area contributed by atoms with Crippen molar-refractivity contribution in [2.45, 2.75) is 13.3 Å². The Hall–Kier alpha value is -2.15. The molecule has 0 saturated carbocycles. The first-order valence-corrected chi connectivity index (χ1v) is 6.05. The molecule has 2 aromatic carbocycles. The van der Waals surface area contributed by atoms with Crippen LogP contribution >= 0.6 is 0 Å². The average Bonchev–Trinajstić information content (AvgIpc) is 2.39. The number of allylic oxidation sites excluding steroid dienone is 1. The fourth-order valence-corrected chi connectivity index (χ4v) is 1.72. The highest BCUT2D eigenvalue weighted by molar-refractivity contribution is 5.95. The zero-order valence-electron chi connectivity index (χ0n) is 10.5. The number of rotatable bonds is 4. The molecule has 2 rings (SSSR count). The van der Waals surface area contributed by atoms with E-state index in [1.54, 1.807) is 6.08 Å². The molecule has 0 heterocycles. The summed E-state index contributed by atoms with van der Waals surface area (Å²) in [6, 6.07) is 17.9. The maximum Gasteiger partial charge on any atom is 0.160 e. The summed E-state index contributed by atoms with van der Waals surface area (Å²) in [6.45, 7) is 2.05. The zero-order chi connectivity index (χ0) is 12.8. The minimum Gasteiger partial charge on any atom is -0.294 e. The zero-order valence-corrected chi connectivity index (χ0v) is 10.5. The van der Waals surface area contributed by atoms with E-state index in [-0.39, 0.29) is 5.78 Å². The van der Waals surface area contributed by atoms with Gasteiger partial charge in [0.1, 0.15) is 0 Å². The molecule has 0 aliphatic heterocycles. The lowest BCUT2D eigenvalue weighted by Crippen LogP contribution is -1.97. The second-order valence-electron chi connectivity index (χ2n) is 4.37. The number of aryl methyl sites for hydroxylation is 1. The third-order valence-corrected chi connectivity index (χ3v) is 2.76. The van der Waals surface area contributed by atoms with E-state index >= 15 is 0 Å². The summed E-state index contributed by atoms with van der Waals surface area (Å²) in [7, 11) is 0. The summed E-state index contributed by atoms with van der Waals surface area (Å²) in [4.78, 5) is 11.8. The molecule has 0 aliphatic rings. The highest BCUT2D eigenvalue weighted by Crippen LogP contribution is 2.06. The van der Waals surface area contributed by atoms with Crippen molar-refractivity contribution in [1.29, 1.82) is 0 Å². The van der Waals surface area contributed by atoms with Crippen LogP contribution in [-0.2, 0) is 11.2 Å². The highest BCUT2D eigenvalue weighted by Gasteiger charge is 1.98. The van der Waals surface area contributed by atoms with Crippen LogP contribution in [0.3, 0.4) is 0 Å². The molecule has 0 radical (unpaired) electrons. The van der Waals surface area contributed by atoms with Crippen molar-refractivity contribution in [2.75, 3.05) is 0 Å². The summed E-state index contributed by atoms with van der Waals surface area (Å²) in [5.41, 5.74) is 3.33. The van der Waals surface area contributed by atoms with Gasteiger partial charge in [-0.25, -0.2) is 0 Å². The summed E-state index contributed by atoms with van der Waals surface area (Å²) < 4.78 is 0. The number of hydrogen-bond acceptors (Lipinski definition) is 1. The van der Waals surface area contributed by atoms with Gasteiger partial charge in [0.2, 0.25) is 0 Å². The van der Waals surface area contributed by atoms with Crippen molar-refractivity contribution < 1.29 is 4.79 Å². The first-order valence-electron chi connectivity index (χ1n) is 6.05. The largest absolute Gasteiger partial charge is 0.294 e. The van der Waals surface area contributed by atoms with Crippen molar-refractivity contribution in [3.8, 4) is 0 Å². The maximum atomic E-state index is 11.8. The third-order valence-electron chi connectivity index (χ3n) is 2.76. The molecule has 2 aromatic rings. The van der Waals surface area contributed by atoms with Gasteiger partial charge >= 0.3 is 0 Å². The average molecular weight is 236 g/mol. The van der Waals surface area contributed by atoms with E-state index in [0.717, 1.165) is 11.1 Å². The number of carbonyl (C=O) groups excluding carboxylic acids is 1. The van der Waals surface area contributed by atoms with Gasteiger partial charge in [0, 0.05) is 6.42 Å². The Morgan fingerprint density at radius 3 is 2.33 bits per heavy atom. The topological polar surface area (TPSA) is 17.1 Å². The predicted octanol–water partition coefficient (Wildman–Crippen LogP) is 3.82. The molecule has 90 valence electrons. The molecule has 0 amide bonds. The summed E-state index contributed by atoms with van der Waals surface area (Å²) >= 11 is 0. The number of ketones is 1. The molecule has 18 heavy (non-hydrogen) atoms. The van der Waals surface area contributed by atoms with Crippen LogP contribution in [0, 0.1) is 6.92 Å². The van der Waals surface area contributed by atoms with Gasteiger partial charge in [-0.3, -0.25) is 4.79 Å². The second-order valence-corrected chi connectivity index (χ2v) is 4.37. The van der Waals surface area contributed by atoms with Gasteiger partial charge < -0.3 is 0 Å². The molecule has 1 heteroatoms. The first-order chi connectivity index (χ1) is 8.74. The van der Waals surface area contributed by atoms with Crippen molar-refractivity contribution in [3.63, 3.8) is 0 Å². The van der Waals surface area contributed by atoms with Crippen molar-refractivity contribution >= 4 is 11.9 Å². The van der Waals surface area contributed by atoms with Crippen molar-refractivity contribution in [3.05, 3.63) is 77.4 Å². The van der Waals surface area contributed by atoms with E-state index < -0.39 is 0 Å². The van der Waals surface area contributed by atoms with Gasteiger partial charge in [0.25, 0.3) is 0 Å². The molecule has 0 bridgehead atoms. The van der Waals surface area contributed by atoms with Gasteiger partial charge in [0.15, 0.2) is 5.78 Å². The molecule has 0 atom stereocenters. The number of hydrogen-bond donors (Lipinski definition) is 0. The molecular formula is C17H16O. The maximum absolute atomic E-state index is 11.8. The lowest BCUT2D eigenvalue weighted by Gasteiger charge is -1.97. The number of carbonyl (C=O) groups is 1. The highest BCUT2D eigenvalue weighted by atomic mass is 16.1. The minimum atomic E-state index is 0.127. The van der Waals surface area contributed by atoms with Crippen LogP contribution < -0.4 is 0 Å². The van der Waals surface area contributed by atoms with Gasteiger partial charge in [-0.2, -0.15) is 0 Å².